The molecule has 0 radical (unpaired) electrons. The van der Waals surface area contributed by atoms with E-state index in [0.717, 1.165) is 12.8 Å². The summed E-state index contributed by atoms with van der Waals surface area (Å²) in [4.78, 5) is 11.2. The summed E-state index contributed by atoms with van der Waals surface area (Å²) in [6.45, 7) is 2.63. The van der Waals surface area contributed by atoms with E-state index >= 15 is 0 Å². The lowest BCUT2D eigenvalue weighted by atomic mass is 9.92. The average Bonchev–Trinajstić information content (AvgIpc) is 3.05. The highest BCUT2D eigenvalue weighted by molar-refractivity contribution is 7.86. The van der Waals surface area contributed by atoms with Gasteiger partial charge in [-0.1, -0.05) is 6.92 Å². The summed E-state index contributed by atoms with van der Waals surface area (Å²) in [6.07, 6.45) is 2.07. The lowest BCUT2D eigenvalue weighted by Crippen LogP contribution is -2.41. The van der Waals surface area contributed by atoms with Crippen molar-refractivity contribution in [2.24, 2.45) is 17.8 Å². The van der Waals surface area contributed by atoms with Crippen LogP contribution >= 0.6 is 0 Å². The minimum atomic E-state index is -3.49. The maximum absolute atomic E-state index is 12.2. The van der Waals surface area contributed by atoms with Gasteiger partial charge in [-0.25, -0.2) is 0 Å². The highest BCUT2D eigenvalue weighted by Crippen LogP contribution is 2.44. The van der Waals surface area contributed by atoms with Crippen LogP contribution in [-0.2, 0) is 15.0 Å². The lowest BCUT2D eigenvalue weighted by molar-refractivity contribution is -0.142. The van der Waals surface area contributed by atoms with Crippen LogP contribution in [0.3, 0.4) is 0 Å². The molecule has 1 heterocycles. The number of carboxylic acids is 1. The first kappa shape index (κ1) is 13.8. The van der Waals surface area contributed by atoms with Gasteiger partial charge in [-0.15, -0.1) is 0 Å². The fourth-order valence-corrected chi connectivity index (χ4v) is 4.03. The van der Waals surface area contributed by atoms with Gasteiger partial charge in [0, 0.05) is 26.7 Å². The van der Waals surface area contributed by atoms with Gasteiger partial charge in [0.2, 0.25) is 0 Å². The van der Waals surface area contributed by atoms with Crippen molar-refractivity contribution in [2.75, 3.05) is 26.7 Å². The summed E-state index contributed by atoms with van der Waals surface area (Å²) in [5.74, 6) is -1.03. The minimum Gasteiger partial charge on any atom is -0.481 e. The number of hydrogen-bond donors (Lipinski definition) is 1. The minimum absolute atomic E-state index is 0.0115. The van der Waals surface area contributed by atoms with Gasteiger partial charge in [0.15, 0.2) is 0 Å². The van der Waals surface area contributed by atoms with Gasteiger partial charge in [0.25, 0.3) is 10.2 Å². The van der Waals surface area contributed by atoms with Crippen LogP contribution in [-0.4, -0.2) is 54.8 Å². The molecule has 0 aromatic heterocycles. The Labute approximate surface area is 108 Å². The zero-order valence-electron chi connectivity index (χ0n) is 10.7. The zero-order valence-corrected chi connectivity index (χ0v) is 11.6. The first-order chi connectivity index (χ1) is 8.37. The van der Waals surface area contributed by atoms with E-state index in [9.17, 15) is 18.3 Å². The van der Waals surface area contributed by atoms with Crippen LogP contribution in [0.1, 0.15) is 19.8 Å². The number of aliphatic carboxylic acids is 1. The van der Waals surface area contributed by atoms with E-state index in [2.05, 4.69) is 0 Å². The number of hydrogen-bond acceptors (Lipinski definition) is 3. The summed E-state index contributed by atoms with van der Waals surface area (Å²) in [7, 11) is -1.97. The molecule has 18 heavy (non-hydrogen) atoms. The normalized spacial score (nSPS) is 29.9. The van der Waals surface area contributed by atoms with Gasteiger partial charge in [-0.05, 0) is 24.7 Å². The molecule has 0 spiro atoms. The number of carboxylic acid groups (broad SMARTS) is 1. The number of carbonyl (C=O) groups is 1. The smallest absolute Gasteiger partial charge is 0.308 e. The molecule has 0 amide bonds. The quantitative estimate of drug-likeness (QED) is 0.779. The summed E-state index contributed by atoms with van der Waals surface area (Å²) in [6, 6.07) is 0. The molecule has 1 N–H and O–H groups in total. The topological polar surface area (TPSA) is 77.9 Å². The van der Waals surface area contributed by atoms with Crippen LogP contribution in [0.15, 0.2) is 0 Å². The van der Waals surface area contributed by atoms with Crippen molar-refractivity contribution in [3.05, 3.63) is 0 Å². The Hall–Kier alpha value is -0.660. The largest absolute Gasteiger partial charge is 0.481 e. The monoisotopic (exact) mass is 276 g/mol. The summed E-state index contributed by atoms with van der Waals surface area (Å²) in [5.41, 5.74) is 0. The highest BCUT2D eigenvalue weighted by atomic mass is 32.2. The molecule has 2 atom stereocenters. The van der Waals surface area contributed by atoms with Crippen molar-refractivity contribution < 1.29 is 18.3 Å². The Morgan fingerprint density at radius 3 is 2.44 bits per heavy atom. The van der Waals surface area contributed by atoms with Crippen LogP contribution in [0.2, 0.25) is 0 Å². The summed E-state index contributed by atoms with van der Waals surface area (Å²) >= 11 is 0. The average molecular weight is 276 g/mol. The van der Waals surface area contributed by atoms with E-state index in [1.54, 1.807) is 6.92 Å². The van der Waals surface area contributed by atoms with Gasteiger partial charge in [-0.2, -0.15) is 17.0 Å². The van der Waals surface area contributed by atoms with Gasteiger partial charge in [0.05, 0.1) is 5.92 Å². The lowest BCUT2D eigenvalue weighted by Gasteiger charge is -2.22. The Morgan fingerprint density at radius 2 is 2.00 bits per heavy atom. The Balaban J connectivity index is 2.15. The molecule has 1 aliphatic heterocycles. The Kier molecular flexibility index (Phi) is 3.66. The second-order valence-electron chi connectivity index (χ2n) is 5.18. The molecule has 1 saturated carbocycles. The Bertz CT molecular complexity index is 432. The fourth-order valence-electron chi connectivity index (χ4n) is 2.60. The Morgan fingerprint density at radius 1 is 1.39 bits per heavy atom. The molecule has 0 aromatic carbocycles. The number of rotatable bonds is 5. The molecule has 2 aliphatic rings. The third kappa shape index (κ3) is 2.39. The molecule has 2 rings (SSSR count). The number of nitrogens with zero attached hydrogens (tertiary/aromatic N) is 2. The van der Waals surface area contributed by atoms with E-state index in [4.69, 9.17) is 0 Å². The van der Waals surface area contributed by atoms with Crippen molar-refractivity contribution in [3.63, 3.8) is 0 Å². The van der Waals surface area contributed by atoms with Gasteiger partial charge in [-0.3, -0.25) is 4.79 Å². The van der Waals surface area contributed by atoms with E-state index in [-0.39, 0.29) is 12.5 Å². The van der Waals surface area contributed by atoms with Crippen molar-refractivity contribution >= 4 is 16.2 Å². The summed E-state index contributed by atoms with van der Waals surface area (Å²) < 4.78 is 27.0. The first-order valence-electron chi connectivity index (χ1n) is 6.32. The van der Waals surface area contributed by atoms with Crippen molar-refractivity contribution in [1.29, 1.82) is 0 Å². The van der Waals surface area contributed by atoms with Gasteiger partial charge < -0.3 is 5.11 Å². The second-order valence-corrected chi connectivity index (χ2v) is 7.22. The third-order valence-corrected chi connectivity index (χ3v) is 6.04. The molecule has 7 heteroatoms. The van der Waals surface area contributed by atoms with Crippen LogP contribution in [0.4, 0.5) is 0 Å². The highest BCUT2D eigenvalue weighted by Gasteiger charge is 2.49. The second kappa shape index (κ2) is 4.79. The van der Waals surface area contributed by atoms with Crippen LogP contribution < -0.4 is 0 Å². The van der Waals surface area contributed by atoms with Gasteiger partial charge in [0.1, 0.15) is 0 Å². The maximum Gasteiger partial charge on any atom is 0.308 e. The van der Waals surface area contributed by atoms with Crippen molar-refractivity contribution in [2.45, 2.75) is 19.8 Å². The standard InChI is InChI=1S/C11H20N2O4S/c1-3-12(2)18(16,17)13-6-9(8-4-5-8)10(7-13)11(14)15/h8-10H,3-7H2,1-2H3,(H,14,15)/t9-,10+/m0/s1. The molecule has 104 valence electrons. The third-order valence-electron chi connectivity index (χ3n) is 4.04. The van der Waals surface area contributed by atoms with E-state index < -0.39 is 22.1 Å². The van der Waals surface area contributed by atoms with Crippen molar-refractivity contribution in [3.8, 4) is 0 Å². The molecular weight excluding hydrogens is 256 g/mol. The molecule has 6 nitrogen and oxygen atoms in total. The molecule has 0 bridgehead atoms. The zero-order chi connectivity index (χ0) is 13.5. The molecule has 1 aliphatic carbocycles. The van der Waals surface area contributed by atoms with Crippen LogP contribution in [0.25, 0.3) is 0 Å². The fraction of sp³-hybridized carbons (Fsp3) is 0.909. The molecule has 0 aromatic rings. The SMILES string of the molecule is CCN(C)S(=O)(=O)N1C[C@@H](C(=O)O)[C@H](C2CC2)C1. The van der Waals surface area contributed by atoms with Gasteiger partial charge >= 0.3 is 5.97 Å². The van der Waals surface area contributed by atoms with Crippen LogP contribution in [0.5, 0.6) is 0 Å². The molecule has 2 fully saturated rings. The van der Waals surface area contributed by atoms with Crippen LogP contribution in [0, 0.1) is 17.8 Å². The van der Waals surface area contributed by atoms with E-state index in [1.165, 1.54) is 15.7 Å². The first-order valence-corrected chi connectivity index (χ1v) is 7.71. The molecule has 0 unspecified atom stereocenters. The molecule has 1 saturated heterocycles. The predicted octanol–water partition coefficient (Wildman–Crippen LogP) is 0.226. The van der Waals surface area contributed by atoms with E-state index in [1.807, 2.05) is 0 Å². The van der Waals surface area contributed by atoms with E-state index in [0.29, 0.717) is 19.0 Å². The van der Waals surface area contributed by atoms with Crippen molar-refractivity contribution in [1.82, 2.24) is 8.61 Å². The maximum atomic E-state index is 12.2. The summed E-state index contributed by atoms with van der Waals surface area (Å²) in [5, 5.41) is 9.20. The predicted molar refractivity (Wildman–Crippen MR) is 66.1 cm³/mol. The molecular formula is C11H20N2O4S.